The Morgan fingerprint density at radius 3 is 2.41 bits per heavy atom. The molecule has 8 heteroatoms. The van der Waals surface area contributed by atoms with Crippen molar-refractivity contribution in [2.75, 3.05) is 16.8 Å². The summed E-state index contributed by atoms with van der Waals surface area (Å²) < 4.78 is 0. The van der Waals surface area contributed by atoms with Crippen molar-refractivity contribution in [1.29, 1.82) is 0 Å². The van der Waals surface area contributed by atoms with Crippen LogP contribution in [-0.4, -0.2) is 28.9 Å². The Bertz CT molecular complexity index is 1280. The Kier molecular flexibility index (Phi) is 4.35. The predicted octanol–water partition coefficient (Wildman–Crippen LogP) is 3.09. The molecule has 2 atom stereocenters. The van der Waals surface area contributed by atoms with Gasteiger partial charge in [0.2, 0.25) is 5.91 Å². The van der Waals surface area contributed by atoms with E-state index in [4.69, 9.17) is 0 Å². The number of para-hydroxylation sites is 1. The minimum absolute atomic E-state index is 0.106. The highest BCUT2D eigenvalue weighted by molar-refractivity contribution is 6.15. The van der Waals surface area contributed by atoms with E-state index in [1.807, 2.05) is 30.3 Å². The highest BCUT2D eigenvalue weighted by Gasteiger charge is 2.60. The number of benzene rings is 3. The van der Waals surface area contributed by atoms with Crippen molar-refractivity contribution in [3.8, 4) is 0 Å². The molecule has 1 N–H and O–H groups in total. The smallest absolute Gasteiger partial charge is 0.271 e. The van der Waals surface area contributed by atoms with Crippen molar-refractivity contribution in [1.82, 2.24) is 0 Å². The first-order valence-corrected chi connectivity index (χ1v) is 10.1. The zero-order chi connectivity index (χ0) is 22.6. The molecular weight excluding hydrogens is 410 g/mol. The van der Waals surface area contributed by atoms with Gasteiger partial charge in [-0.05, 0) is 23.3 Å². The van der Waals surface area contributed by atoms with Gasteiger partial charge in [0.05, 0.1) is 17.2 Å². The van der Waals surface area contributed by atoms with Crippen LogP contribution in [0.4, 0.5) is 17.1 Å². The Hall–Kier alpha value is -4.04. The molecule has 2 aliphatic rings. The van der Waals surface area contributed by atoms with Gasteiger partial charge in [-0.1, -0.05) is 48.5 Å². The maximum absolute atomic E-state index is 13.8. The van der Waals surface area contributed by atoms with Crippen LogP contribution in [0.5, 0.6) is 0 Å². The molecule has 0 unspecified atom stereocenters. The summed E-state index contributed by atoms with van der Waals surface area (Å²) in [6.45, 7) is 0.106. The fourth-order valence-electron chi connectivity index (χ4n) is 4.70. The molecule has 2 aliphatic heterocycles. The van der Waals surface area contributed by atoms with E-state index < -0.39 is 28.3 Å². The van der Waals surface area contributed by atoms with E-state index in [2.05, 4.69) is 0 Å². The van der Waals surface area contributed by atoms with E-state index in [-0.39, 0.29) is 23.5 Å². The number of aliphatic hydroxyl groups is 1. The molecule has 0 aliphatic carbocycles. The van der Waals surface area contributed by atoms with Crippen LogP contribution < -0.4 is 9.80 Å². The number of likely N-dealkylation sites (N-methyl/N-ethyl adjacent to an activating group) is 1. The van der Waals surface area contributed by atoms with E-state index in [0.717, 1.165) is 5.56 Å². The van der Waals surface area contributed by atoms with Gasteiger partial charge >= 0.3 is 0 Å². The van der Waals surface area contributed by atoms with Crippen molar-refractivity contribution in [3.63, 3.8) is 0 Å². The number of non-ortho nitro benzene ring substituents is 1. The number of rotatable bonds is 4. The maximum Gasteiger partial charge on any atom is 0.271 e. The summed E-state index contributed by atoms with van der Waals surface area (Å²) in [6, 6.07) is 20.1. The van der Waals surface area contributed by atoms with Crippen molar-refractivity contribution in [2.24, 2.45) is 0 Å². The molecule has 8 nitrogen and oxygen atoms in total. The highest BCUT2D eigenvalue weighted by atomic mass is 16.6. The van der Waals surface area contributed by atoms with Gasteiger partial charge in [0.15, 0.2) is 5.60 Å². The lowest BCUT2D eigenvalue weighted by Crippen LogP contribution is -2.47. The molecule has 0 bridgehead atoms. The zero-order valence-electron chi connectivity index (χ0n) is 17.1. The van der Waals surface area contributed by atoms with Crippen LogP contribution in [0.25, 0.3) is 0 Å². The number of nitro benzene ring substituents is 1. The first-order chi connectivity index (χ1) is 15.3. The molecular formula is C24H19N3O5. The van der Waals surface area contributed by atoms with E-state index in [9.17, 15) is 24.8 Å². The monoisotopic (exact) mass is 429 g/mol. The fourth-order valence-corrected chi connectivity index (χ4v) is 4.70. The topological polar surface area (TPSA) is 104 Å². The summed E-state index contributed by atoms with van der Waals surface area (Å²) in [6.07, 6.45) is 0. The minimum Gasteiger partial charge on any atom is -0.374 e. The van der Waals surface area contributed by atoms with Crippen molar-refractivity contribution < 1.29 is 19.6 Å². The molecule has 0 saturated heterocycles. The van der Waals surface area contributed by atoms with Crippen LogP contribution in [0.1, 0.15) is 22.6 Å². The minimum atomic E-state index is -2.18. The molecule has 160 valence electrons. The zero-order valence-corrected chi connectivity index (χ0v) is 17.1. The van der Waals surface area contributed by atoms with Gasteiger partial charge in [0.25, 0.3) is 11.6 Å². The largest absolute Gasteiger partial charge is 0.374 e. The number of hydrogen-bond acceptors (Lipinski definition) is 5. The summed E-state index contributed by atoms with van der Waals surface area (Å²) >= 11 is 0. The molecule has 0 radical (unpaired) electrons. The van der Waals surface area contributed by atoms with Crippen LogP contribution in [0.2, 0.25) is 0 Å². The average molecular weight is 429 g/mol. The van der Waals surface area contributed by atoms with Gasteiger partial charge < -0.3 is 14.9 Å². The summed E-state index contributed by atoms with van der Waals surface area (Å²) in [4.78, 5) is 40.6. The Labute approximate surface area is 183 Å². The van der Waals surface area contributed by atoms with E-state index in [1.165, 1.54) is 28.0 Å². The molecule has 5 rings (SSSR count). The van der Waals surface area contributed by atoms with Crippen LogP contribution in [0, 0.1) is 10.1 Å². The highest BCUT2D eigenvalue weighted by Crippen LogP contribution is 2.53. The molecule has 3 aromatic rings. The third kappa shape index (κ3) is 2.66. The van der Waals surface area contributed by atoms with E-state index in [0.29, 0.717) is 11.3 Å². The van der Waals surface area contributed by atoms with Crippen molar-refractivity contribution >= 4 is 28.9 Å². The number of hydrogen-bond donors (Lipinski definition) is 1. The number of carbonyl (C=O) groups excluding carboxylic acids is 2. The summed E-state index contributed by atoms with van der Waals surface area (Å²) in [5.74, 6) is -2.25. The molecule has 0 spiro atoms. The Morgan fingerprint density at radius 1 is 1.00 bits per heavy atom. The first-order valence-electron chi connectivity index (χ1n) is 10.1. The normalized spacial score (nSPS) is 21.6. The third-order valence-electron chi connectivity index (χ3n) is 6.25. The van der Waals surface area contributed by atoms with Gasteiger partial charge in [-0.25, -0.2) is 0 Å². The van der Waals surface area contributed by atoms with Crippen LogP contribution in [0.15, 0.2) is 72.8 Å². The van der Waals surface area contributed by atoms with Gasteiger partial charge in [-0.2, -0.15) is 0 Å². The lowest BCUT2D eigenvalue weighted by Gasteiger charge is -2.28. The van der Waals surface area contributed by atoms with Crippen molar-refractivity contribution in [3.05, 3.63) is 99.6 Å². The quantitative estimate of drug-likeness (QED) is 0.507. The number of fused-ring (bicyclic) bond motifs is 2. The molecule has 0 fully saturated rings. The van der Waals surface area contributed by atoms with Crippen LogP contribution >= 0.6 is 0 Å². The first kappa shape index (κ1) is 19.9. The summed E-state index contributed by atoms with van der Waals surface area (Å²) in [5.41, 5.74) is -0.0118. The van der Waals surface area contributed by atoms with Gasteiger partial charge in [0, 0.05) is 30.4 Å². The van der Waals surface area contributed by atoms with Gasteiger partial charge in [0.1, 0.15) is 5.92 Å². The molecule has 32 heavy (non-hydrogen) atoms. The Balaban J connectivity index is 1.70. The summed E-state index contributed by atoms with van der Waals surface area (Å²) in [7, 11) is 1.60. The van der Waals surface area contributed by atoms with Gasteiger partial charge in [-0.3, -0.25) is 19.7 Å². The standard InChI is InChI=1S/C24H19N3O5/c1-25-19-10-6-5-9-17(19)21(22(25)28)24(30)18-12-11-16(27(31)32)13-20(18)26(23(24)29)14-15-7-3-2-4-8-15/h2-13,21,30H,14H2,1H3/t21-,24+/m1/s1. The second-order valence-corrected chi connectivity index (χ2v) is 7.99. The van der Waals surface area contributed by atoms with Gasteiger partial charge in [-0.15, -0.1) is 0 Å². The van der Waals surface area contributed by atoms with Crippen molar-refractivity contribution in [2.45, 2.75) is 18.1 Å². The van der Waals surface area contributed by atoms with E-state index >= 15 is 0 Å². The lowest BCUT2D eigenvalue weighted by atomic mass is 9.78. The maximum atomic E-state index is 13.8. The molecule has 0 saturated carbocycles. The molecule has 3 aromatic carbocycles. The molecule has 2 amide bonds. The fraction of sp³-hybridized carbons (Fsp3) is 0.167. The SMILES string of the molecule is CN1C(=O)[C@H]([C@]2(O)C(=O)N(Cc3ccccc3)c3cc([N+](=O)[O-])ccc32)c2ccccc21. The average Bonchev–Trinajstić information content (AvgIpc) is 3.18. The Morgan fingerprint density at radius 2 is 1.69 bits per heavy atom. The number of amides is 2. The van der Waals surface area contributed by atoms with Crippen LogP contribution in [-0.2, 0) is 21.7 Å². The molecule has 2 heterocycles. The summed E-state index contributed by atoms with van der Waals surface area (Å²) in [5, 5.41) is 23.3. The molecule has 0 aromatic heterocycles. The van der Waals surface area contributed by atoms with E-state index in [1.54, 1.807) is 31.3 Å². The lowest BCUT2D eigenvalue weighted by molar-refractivity contribution is -0.384. The number of anilines is 2. The number of nitro groups is 1. The third-order valence-corrected chi connectivity index (χ3v) is 6.25. The predicted molar refractivity (Wildman–Crippen MR) is 117 cm³/mol. The van der Waals surface area contributed by atoms with Crippen LogP contribution in [0.3, 0.4) is 0 Å². The second kappa shape index (κ2) is 7.00. The second-order valence-electron chi connectivity index (χ2n) is 7.99. The number of carbonyl (C=O) groups is 2. The number of nitrogens with zero attached hydrogens (tertiary/aromatic N) is 3.